The van der Waals surface area contributed by atoms with E-state index in [2.05, 4.69) is 10.3 Å². The van der Waals surface area contributed by atoms with Crippen molar-refractivity contribution >= 4 is 11.9 Å². The van der Waals surface area contributed by atoms with Crippen LogP contribution in [-0.4, -0.2) is 31.0 Å². The van der Waals surface area contributed by atoms with Crippen molar-refractivity contribution in [2.75, 3.05) is 0 Å². The lowest BCUT2D eigenvalue weighted by atomic mass is 10.1. The topological polar surface area (TPSA) is 88.2 Å². The number of carbonyl (C=O) groups excluding carboxylic acids is 1. The van der Waals surface area contributed by atoms with Crippen LogP contribution in [0.2, 0.25) is 0 Å². The summed E-state index contributed by atoms with van der Waals surface area (Å²) in [6, 6.07) is 21.1. The summed E-state index contributed by atoms with van der Waals surface area (Å²) in [4.78, 5) is 12.4. The first-order chi connectivity index (χ1) is 14.1. The van der Waals surface area contributed by atoms with E-state index in [4.69, 9.17) is 0 Å². The van der Waals surface area contributed by atoms with Crippen LogP contribution in [0.5, 0.6) is 11.5 Å². The minimum absolute atomic E-state index is 0.0375. The normalized spacial score (nSPS) is 11.0. The molecule has 3 aromatic carbocycles. The molecule has 1 heterocycles. The second-order valence-electron chi connectivity index (χ2n) is 6.38. The zero-order valence-electron chi connectivity index (χ0n) is 15.3. The number of phenolic OH excluding ortho intramolecular Hbond substituents is 2. The van der Waals surface area contributed by atoms with Crippen molar-refractivity contribution in [3.05, 3.63) is 96.2 Å². The Bertz CT molecular complexity index is 1180. The largest absolute Gasteiger partial charge is 0.508 e. The van der Waals surface area contributed by atoms with E-state index in [1.54, 1.807) is 35.1 Å². The fourth-order valence-corrected chi connectivity index (χ4v) is 2.93. The van der Waals surface area contributed by atoms with E-state index in [9.17, 15) is 15.0 Å². The Hall–Kier alpha value is -4.19. The Morgan fingerprint density at radius 3 is 2.41 bits per heavy atom. The van der Waals surface area contributed by atoms with Crippen LogP contribution >= 0.6 is 0 Å². The lowest BCUT2D eigenvalue weighted by Crippen LogP contribution is -2.01. The average molecular weight is 383 g/mol. The van der Waals surface area contributed by atoms with E-state index in [-0.39, 0.29) is 17.3 Å². The van der Waals surface area contributed by atoms with Gasteiger partial charge in [-0.2, -0.15) is 0 Å². The standard InChI is InChI=1S/C23H17N3O3/c27-20-12-8-18(23(29)14-20)9-13-22(28)17-6-10-19(11-7-17)26-21(15-24-25-26)16-4-2-1-3-5-16/h1-15,27,29H/b13-9+. The fraction of sp³-hybridized carbons (Fsp3) is 0. The molecule has 0 fully saturated rings. The summed E-state index contributed by atoms with van der Waals surface area (Å²) in [6.45, 7) is 0. The maximum absolute atomic E-state index is 12.4. The number of nitrogens with zero attached hydrogens (tertiary/aromatic N) is 3. The highest BCUT2D eigenvalue weighted by atomic mass is 16.3. The van der Waals surface area contributed by atoms with Crippen molar-refractivity contribution in [3.63, 3.8) is 0 Å². The molecule has 4 rings (SSSR count). The van der Waals surface area contributed by atoms with E-state index in [0.29, 0.717) is 11.1 Å². The molecule has 0 saturated heterocycles. The van der Waals surface area contributed by atoms with Crippen LogP contribution in [0, 0.1) is 0 Å². The molecule has 29 heavy (non-hydrogen) atoms. The van der Waals surface area contributed by atoms with Crippen molar-refractivity contribution in [1.82, 2.24) is 15.0 Å². The van der Waals surface area contributed by atoms with Gasteiger partial charge >= 0.3 is 0 Å². The quantitative estimate of drug-likeness (QED) is 0.397. The van der Waals surface area contributed by atoms with E-state index < -0.39 is 0 Å². The van der Waals surface area contributed by atoms with E-state index in [1.807, 2.05) is 30.3 Å². The Kier molecular flexibility index (Phi) is 4.90. The van der Waals surface area contributed by atoms with Gasteiger partial charge in [0.25, 0.3) is 0 Å². The second-order valence-corrected chi connectivity index (χ2v) is 6.38. The molecule has 0 radical (unpaired) electrons. The Morgan fingerprint density at radius 1 is 0.931 bits per heavy atom. The van der Waals surface area contributed by atoms with Gasteiger partial charge in [0.2, 0.25) is 0 Å². The third-order valence-electron chi connectivity index (χ3n) is 4.44. The molecular formula is C23H17N3O3. The van der Waals surface area contributed by atoms with Gasteiger partial charge in [0, 0.05) is 22.8 Å². The van der Waals surface area contributed by atoms with Crippen molar-refractivity contribution < 1.29 is 15.0 Å². The Balaban J connectivity index is 1.55. The predicted octanol–water partition coefficient (Wildman–Crippen LogP) is 4.24. The van der Waals surface area contributed by atoms with Crippen LogP contribution in [0.4, 0.5) is 0 Å². The third-order valence-corrected chi connectivity index (χ3v) is 4.44. The molecule has 4 aromatic rings. The first-order valence-electron chi connectivity index (χ1n) is 8.93. The van der Waals surface area contributed by atoms with Gasteiger partial charge in [0.1, 0.15) is 11.5 Å². The average Bonchev–Trinajstić information content (AvgIpc) is 3.23. The summed E-state index contributed by atoms with van der Waals surface area (Å²) in [5.74, 6) is -0.334. The highest BCUT2D eigenvalue weighted by Gasteiger charge is 2.09. The molecule has 0 amide bonds. The molecule has 0 bridgehead atoms. The van der Waals surface area contributed by atoms with Gasteiger partial charge in [0.05, 0.1) is 17.6 Å². The number of carbonyl (C=O) groups is 1. The molecule has 0 aliphatic carbocycles. The van der Waals surface area contributed by atoms with E-state index in [0.717, 1.165) is 16.9 Å². The van der Waals surface area contributed by atoms with Crippen LogP contribution in [0.1, 0.15) is 15.9 Å². The fourth-order valence-electron chi connectivity index (χ4n) is 2.93. The zero-order chi connectivity index (χ0) is 20.2. The first kappa shape index (κ1) is 18.2. The summed E-state index contributed by atoms with van der Waals surface area (Å²) in [6.07, 6.45) is 4.59. The SMILES string of the molecule is O=C(/C=C/c1ccc(O)cc1O)c1ccc(-n2nncc2-c2ccccc2)cc1. The number of rotatable bonds is 5. The molecule has 6 nitrogen and oxygen atoms in total. The number of phenols is 2. The Labute approximate surface area is 167 Å². The molecule has 1 aromatic heterocycles. The molecular weight excluding hydrogens is 366 g/mol. The van der Waals surface area contributed by atoms with Crippen molar-refractivity contribution in [2.45, 2.75) is 0 Å². The molecule has 0 spiro atoms. The van der Waals surface area contributed by atoms with Gasteiger partial charge in [-0.1, -0.05) is 35.5 Å². The van der Waals surface area contributed by atoms with E-state index in [1.165, 1.54) is 30.4 Å². The van der Waals surface area contributed by atoms with Gasteiger partial charge in [-0.15, -0.1) is 5.10 Å². The highest BCUT2D eigenvalue weighted by molar-refractivity contribution is 6.07. The van der Waals surface area contributed by atoms with Crippen LogP contribution in [-0.2, 0) is 0 Å². The van der Waals surface area contributed by atoms with Gasteiger partial charge in [0.15, 0.2) is 5.78 Å². The molecule has 0 atom stereocenters. The molecule has 0 aliphatic rings. The number of hydrogen-bond donors (Lipinski definition) is 2. The highest BCUT2D eigenvalue weighted by Crippen LogP contribution is 2.24. The molecule has 2 N–H and O–H groups in total. The lowest BCUT2D eigenvalue weighted by Gasteiger charge is -2.07. The van der Waals surface area contributed by atoms with E-state index >= 15 is 0 Å². The van der Waals surface area contributed by atoms with Crippen LogP contribution in [0.3, 0.4) is 0 Å². The van der Waals surface area contributed by atoms with Crippen molar-refractivity contribution in [2.24, 2.45) is 0 Å². The second kappa shape index (κ2) is 7.82. The maximum Gasteiger partial charge on any atom is 0.185 e. The van der Waals surface area contributed by atoms with Gasteiger partial charge in [-0.05, 0) is 48.6 Å². The van der Waals surface area contributed by atoms with Crippen LogP contribution in [0.25, 0.3) is 23.0 Å². The summed E-state index contributed by atoms with van der Waals surface area (Å²) in [5, 5.41) is 27.3. The summed E-state index contributed by atoms with van der Waals surface area (Å²) in [7, 11) is 0. The number of ketones is 1. The Morgan fingerprint density at radius 2 is 1.69 bits per heavy atom. The summed E-state index contributed by atoms with van der Waals surface area (Å²) in [5.41, 5.74) is 3.59. The minimum Gasteiger partial charge on any atom is -0.508 e. The third kappa shape index (κ3) is 3.91. The van der Waals surface area contributed by atoms with Gasteiger partial charge < -0.3 is 10.2 Å². The molecule has 0 aliphatic heterocycles. The number of allylic oxidation sites excluding steroid dienone is 1. The predicted molar refractivity (Wildman–Crippen MR) is 110 cm³/mol. The number of aromatic nitrogens is 3. The van der Waals surface area contributed by atoms with Gasteiger partial charge in [-0.25, -0.2) is 4.68 Å². The first-order valence-corrected chi connectivity index (χ1v) is 8.93. The number of benzene rings is 3. The van der Waals surface area contributed by atoms with Crippen molar-refractivity contribution in [3.8, 4) is 28.4 Å². The summed E-state index contributed by atoms with van der Waals surface area (Å²) >= 11 is 0. The molecule has 6 heteroatoms. The smallest absolute Gasteiger partial charge is 0.185 e. The maximum atomic E-state index is 12.4. The zero-order valence-corrected chi connectivity index (χ0v) is 15.3. The number of hydrogen-bond acceptors (Lipinski definition) is 5. The monoisotopic (exact) mass is 383 g/mol. The minimum atomic E-state index is -0.203. The summed E-state index contributed by atoms with van der Waals surface area (Å²) < 4.78 is 1.72. The van der Waals surface area contributed by atoms with Gasteiger partial charge in [-0.3, -0.25) is 4.79 Å². The molecule has 0 saturated carbocycles. The van der Waals surface area contributed by atoms with Crippen molar-refractivity contribution in [1.29, 1.82) is 0 Å². The molecule has 0 unspecified atom stereocenters. The lowest BCUT2D eigenvalue weighted by molar-refractivity contribution is 0.104. The number of aromatic hydroxyl groups is 2. The van der Waals surface area contributed by atoms with Crippen LogP contribution in [0.15, 0.2) is 85.1 Å². The van der Waals surface area contributed by atoms with Crippen LogP contribution < -0.4 is 0 Å². The molecule has 142 valence electrons.